The molecule has 0 aromatic heterocycles. The lowest BCUT2D eigenvalue weighted by Crippen LogP contribution is -2.41. The average molecular weight is 362 g/mol. The van der Waals surface area contributed by atoms with Gasteiger partial charge in [-0.15, -0.1) is 0 Å². The minimum atomic E-state index is -4.23. The predicted octanol–water partition coefficient (Wildman–Crippen LogP) is 1.42. The fourth-order valence-electron chi connectivity index (χ4n) is 2.67. The first-order chi connectivity index (χ1) is 10.8. The van der Waals surface area contributed by atoms with E-state index in [4.69, 9.17) is 0 Å². The van der Waals surface area contributed by atoms with Crippen molar-refractivity contribution < 1.29 is 26.8 Å². The van der Waals surface area contributed by atoms with Crippen LogP contribution in [0, 0.1) is 11.6 Å². The van der Waals surface area contributed by atoms with Crippen LogP contribution in [0.2, 0.25) is 0 Å². The second-order valence-corrected chi connectivity index (χ2v) is 8.03. The van der Waals surface area contributed by atoms with E-state index >= 15 is 0 Å². The van der Waals surface area contributed by atoms with Gasteiger partial charge in [-0.2, -0.15) is 4.31 Å². The van der Waals surface area contributed by atoms with Crippen molar-refractivity contribution in [1.82, 2.24) is 9.21 Å². The summed E-state index contributed by atoms with van der Waals surface area (Å²) in [6.45, 7) is -0.0823. The van der Waals surface area contributed by atoms with Crippen LogP contribution in [0.4, 0.5) is 13.6 Å². The van der Waals surface area contributed by atoms with Crippen molar-refractivity contribution in [3.63, 3.8) is 0 Å². The average Bonchev–Trinajstić information content (AvgIpc) is 3.09. The minimum Gasteiger partial charge on any atom is -0.273 e. The highest BCUT2D eigenvalue weighted by atomic mass is 32.2. The van der Waals surface area contributed by atoms with Gasteiger partial charge in [0.1, 0.15) is 16.5 Å². The normalized spacial score (nSPS) is 23.0. The Morgan fingerprint density at radius 3 is 2.61 bits per heavy atom. The van der Waals surface area contributed by atoms with E-state index < -0.39 is 37.8 Å². The van der Waals surface area contributed by atoms with Crippen molar-refractivity contribution in [1.29, 1.82) is 0 Å². The summed E-state index contributed by atoms with van der Waals surface area (Å²) in [5.74, 6) is -2.22. The van der Waals surface area contributed by atoms with Gasteiger partial charge in [0.05, 0.1) is 11.8 Å². The molecule has 0 N–H and O–H groups in total. The highest BCUT2D eigenvalue weighted by molar-refractivity contribution is 8.14. The number of carbonyl (C=O) groups is 2. The van der Waals surface area contributed by atoms with Crippen molar-refractivity contribution in [2.24, 2.45) is 0 Å². The molecule has 0 saturated carbocycles. The number of hydrogen-bond acceptors (Lipinski definition) is 5. The molecule has 0 aliphatic carbocycles. The number of rotatable bonds is 3. The van der Waals surface area contributed by atoms with Crippen molar-refractivity contribution in [3.8, 4) is 0 Å². The number of thioether (sulfide) groups is 1. The van der Waals surface area contributed by atoms with Crippen LogP contribution in [-0.4, -0.2) is 53.7 Å². The molecule has 0 bridgehead atoms. The molecule has 1 unspecified atom stereocenters. The third-order valence-electron chi connectivity index (χ3n) is 3.79. The fraction of sp³-hybridized carbons (Fsp3) is 0.385. The van der Waals surface area contributed by atoms with Crippen LogP contribution >= 0.6 is 11.8 Å². The van der Waals surface area contributed by atoms with Crippen LogP contribution < -0.4 is 0 Å². The van der Waals surface area contributed by atoms with E-state index in [-0.39, 0.29) is 31.2 Å². The molecule has 1 aromatic rings. The summed E-state index contributed by atoms with van der Waals surface area (Å²) in [5.41, 5.74) is 0. The van der Waals surface area contributed by atoms with E-state index in [0.29, 0.717) is 6.07 Å². The van der Waals surface area contributed by atoms with Crippen molar-refractivity contribution in [3.05, 3.63) is 29.8 Å². The van der Waals surface area contributed by atoms with Gasteiger partial charge < -0.3 is 0 Å². The molecular weight excluding hydrogens is 350 g/mol. The molecular formula is C13H12F2N2O4S2. The van der Waals surface area contributed by atoms with E-state index in [0.717, 1.165) is 33.1 Å². The second-order valence-electron chi connectivity index (χ2n) is 5.20. The quantitative estimate of drug-likeness (QED) is 0.813. The number of amides is 2. The molecule has 2 heterocycles. The Morgan fingerprint density at radius 1 is 1.22 bits per heavy atom. The van der Waals surface area contributed by atoms with Gasteiger partial charge in [-0.3, -0.25) is 14.5 Å². The molecule has 3 rings (SSSR count). The molecule has 1 aromatic carbocycles. The van der Waals surface area contributed by atoms with Crippen LogP contribution in [0.3, 0.4) is 0 Å². The summed E-state index contributed by atoms with van der Waals surface area (Å²) in [7, 11) is -4.23. The number of benzene rings is 1. The molecule has 124 valence electrons. The topological polar surface area (TPSA) is 74.8 Å². The lowest BCUT2D eigenvalue weighted by molar-refractivity contribution is -0.126. The molecule has 0 radical (unpaired) electrons. The van der Waals surface area contributed by atoms with Crippen LogP contribution in [0.25, 0.3) is 0 Å². The van der Waals surface area contributed by atoms with E-state index in [9.17, 15) is 26.8 Å². The zero-order valence-electron chi connectivity index (χ0n) is 11.7. The molecule has 6 nitrogen and oxygen atoms in total. The lowest BCUT2D eigenvalue weighted by Gasteiger charge is -2.22. The zero-order valence-corrected chi connectivity index (χ0v) is 13.4. The number of hydrogen-bond donors (Lipinski definition) is 0. The Morgan fingerprint density at radius 2 is 1.96 bits per heavy atom. The summed E-state index contributed by atoms with van der Waals surface area (Å²) in [6, 6.07) is 1.64. The fourth-order valence-corrected chi connectivity index (χ4v) is 5.02. The van der Waals surface area contributed by atoms with Crippen LogP contribution in [0.5, 0.6) is 0 Å². The number of imide groups is 1. The number of halogens is 2. The molecule has 1 atom stereocenters. The first-order valence-corrected chi connectivity index (χ1v) is 9.17. The number of nitrogens with zero attached hydrogens (tertiary/aromatic N) is 2. The van der Waals surface area contributed by atoms with E-state index in [1.807, 2.05) is 0 Å². The second kappa shape index (κ2) is 5.84. The molecule has 2 aliphatic rings. The first kappa shape index (κ1) is 16.3. The summed E-state index contributed by atoms with van der Waals surface area (Å²) in [4.78, 5) is 23.7. The summed E-state index contributed by atoms with van der Waals surface area (Å²) in [5, 5.41) is -0.406. The Bertz CT molecular complexity index is 768. The number of carbonyl (C=O) groups excluding carboxylic acids is 2. The zero-order chi connectivity index (χ0) is 16.8. The molecule has 10 heteroatoms. The molecule has 2 aliphatic heterocycles. The standard InChI is InChI=1S/C13H12F2N2O4S2/c14-8-1-2-10(15)11(5-8)23(20,21)16-4-3-9(6-16)17-12(18)7-22-13(17)19/h1-2,5,9H,3-4,6-7H2. The third kappa shape index (κ3) is 2.86. The van der Waals surface area contributed by atoms with Gasteiger partial charge in [-0.05, 0) is 24.6 Å². The lowest BCUT2D eigenvalue weighted by atomic mass is 10.2. The minimum absolute atomic E-state index is 0.0324. The largest absolute Gasteiger partial charge is 0.289 e. The molecule has 2 amide bonds. The van der Waals surface area contributed by atoms with Crippen LogP contribution in [0.1, 0.15) is 6.42 Å². The smallest absolute Gasteiger partial charge is 0.273 e. The van der Waals surface area contributed by atoms with E-state index in [1.165, 1.54) is 0 Å². The molecule has 2 saturated heterocycles. The Balaban J connectivity index is 1.84. The molecule has 0 spiro atoms. The summed E-state index contributed by atoms with van der Waals surface area (Å²) in [6.07, 6.45) is 0.272. The molecule has 2 fully saturated rings. The Labute approximate surface area is 135 Å². The number of sulfonamides is 1. The van der Waals surface area contributed by atoms with Gasteiger partial charge in [0.25, 0.3) is 5.24 Å². The molecule has 23 heavy (non-hydrogen) atoms. The Hall–Kier alpha value is -1.52. The van der Waals surface area contributed by atoms with Crippen molar-refractivity contribution in [2.75, 3.05) is 18.8 Å². The summed E-state index contributed by atoms with van der Waals surface area (Å²) < 4.78 is 52.9. The van der Waals surface area contributed by atoms with Gasteiger partial charge in [0.2, 0.25) is 15.9 Å². The first-order valence-electron chi connectivity index (χ1n) is 6.74. The maximum absolute atomic E-state index is 13.7. The van der Waals surface area contributed by atoms with Gasteiger partial charge in [-0.1, -0.05) is 11.8 Å². The van der Waals surface area contributed by atoms with Crippen molar-refractivity contribution in [2.45, 2.75) is 17.4 Å². The van der Waals surface area contributed by atoms with Crippen LogP contribution in [-0.2, 0) is 14.8 Å². The third-order valence-corrected chi connectivity index (χ3v) is 6.50. The van der Waals surface area contributed by atoms with Gasteiger partial charge in [0, 0.05) is 13.1 Å². The Kier molecular flexibility index (Phi) is 4.15. The maximum Gasteiger partial charge on any atom is 0.289 e. The van der Waals surface area contributed by atoms with E-state index in [1.54, 1.807) is 0 Å². The van der Waals surface area contributed by atoms with E-state index in [2.05, 4.69) is 0 Å². The summed E-state index contributed by atoms with van der Waals surface area (Å²) >= 11 is 0.870. The monoisotopic (exact) mass is 362 g/mol. The van der Waals surface area contributed by atoms with Gasteiger partial charge in [0.15, 0.2) is 0 Å². The van der Waals surface area contributed by atoms with Crippen LogP contribution in [0.15, 0.2) is 23.1 Å². The highest BCUT2D eigenvalue weighted by Gasteiger charge is 2.42. The van der Waals surface area contributed by atoms with Gasteiger partial charge in [-0.25, -0.2) is 17.2 Å². The van der Waals surface area contributed by atoms with Crippen molar-refractivity contribution >= 4 is 32.9 Å². The highest BCUT2D eigenvalue weighted by Crippen LogP contribution is 2.29. The van der Waals surface area contributed by atoms with Gasteiger partial charge >= 0.3 is 0 Å². The maximum atomic E-state index is 13.7. The SMILES string of the molecule is O=C1CSC(=O)N1C1CCN(S(=O)(=O)c2cc(F)ccc2F)C1. The predicted molar refractivity (Wildman–Crippen MR) is 78.2 cm³/mol.